The third-order valence-electron chi connectivity index (χ3n) is 7.90. The van der Waals surface area contributed by atoms with Crippen LogP contribution < -0.4 is 4.90 Å². The average Bonchev–Trinajstić information content (AvgIpc) is 3.48. The van der Waals surface area contributed by atoms with Crippen molar-refractivity contribution in [3.05, 3.63) is 45.9 Å². The maximum Gasteiger partial charge on any atom is 0.230 e. The lowest BCUT2D eigenvalue weighted by Crippen LogP contribution is -2.61. The van der Waals surface area contributed by atoms with Gasteiger partial charge in [-0.05, 0) is 55.5 Å². The summed E-state index contributed by atoms with van der Waals surface area (Å²) in [5.74, 6) is -0.165. The number of imide groups is 1. The van der Waals surface area contributed by atoms with Gasteiger partial charge in [-0.1, -0.05) is 11.6 Å². The molecule has 1 aromatic carbocycles. The van der Waals surface area contributed by atoms with Crippen molar-refractivity contribution in [2.24, 2.45) is 0 Å². The molecule has 2 aromatic heterocycles. The smallest absolute Gasteiger partial charge is 0.230 e. The number of likely N-dealkylation sites (tertiary alicyclic amines) is 2. The first-order chi connectivity index (χ1) is 17.0. The fraction of sp³-hybridized carbons (Fsp3) is 0.444. The molecule has 1 aliphatic carbocycles. The van der Waals surface area contributed by atoms with Crippen LogP contribution in [-0.2, 0) is 22.6 Å². The number of aromatic nitrogens is 1. The molecule has 6 nitrogen and oxygen atoms in total. The van der Waals surface area contributed by atoms with Crippen LogP contribution in [0.25, 0.3) is 21.3 Å². The monoisotopic (exact) mass is 506 g/mol. The third kappa shape index (κ3) is 3.76. The van der Waals surface area contributed by atoms with E-state index in [1.807, 2.05) is 12.3 Å². The highest BCUT2D eigenvalue weighted by Crippen LogP contribution is 2.45. The molecule has 35 heavy (non-hydrogen) atoms. The highest BCUT2D eigenvalue weighted by atomic mass is 35.5. The van der Waals surface area contributed by atoms with Gasteiger partial charge in [0.2, 0.25) is 11.8 Å². The number of pyridine rings is 1. The van der Waals surface area contributed by atoms with Gasteiger partial charge in [0, 0.05) is 71.4 Å². The molecule has 180 valence electrons. The molecule has 0 N–H and O–H groups in total. The molecule has 7 rings (SSSR count). The van der Waals surface area contributed by atoms with Gasteiger partial charge in [-0.25, -0.2) is 0 Å². The molecule has 2 amide bonds. The zero-order valence-electron chi connectivity index (χ0n) is 19.5. The predicted octanol–water partition coefficient (Wildman–Crippen LogP) is 4.86. The minimum Gasteiger partial charge on any atom is -0.365 e. The van der Waals surface area contributed by atoms with Crippen LogP contribution in [0.4, 0.5) is 5.69 Å². The fourth-order valence-corrected chi connectivity index (χ4v) is 7.33. The maximum atomic E-state index is 12.2. The number of nitrogens with zero attached hydrogens (tertiary/aromatic N) is 4. The Bertz CT molecular complexity index is 1340. The van der Waals surface area contributed by atoms with E-state index in [9.17, 15) is 9.59 Å². The molecule has 0 radical (unpaired) electrons. The summed E-state index contributed by atoms with van der Waals surface area (Å²) in [7, 11) is 0. The van der Waals surface area contributed by atoms with Crippen molar-refractivity contribution in [3.63, 3.8) is 0 Å². The lowest BCUT2D eigenvalue weighted by atomic mass is 9.91. The summed E-state index contributed by atoms with van der Waals surface area (Å²) in [6.45, 7) is 3.71. The number of benzene rings is 1. The van der Waals surface area contributed by atoms with Gasteiger partial charge < -0.3 is 4.90 Å². The molecular weight excluding hydrogens is 480 g/mol. The first-order valence-electron chi connectivity index (χ1n) is 12.6. The Balaban J connectivity index is 1.28. The Morgan fingerprint density at radius 3 is 2.57 bits per heavy atom. The van der Waals surface area contributed by atoms with Crippen molar-refractivity contribution in [1.29, 1.82) is 0 Å². The minimum absolute atomic E-state index is 0.0825. The van der Waals surface area contributed by atoms with Crippen LogP contribution in [0.15, 0.2) is 30.5 Å². The van der Waals surface area contributed by atoms with E-state index in [0.717, 1.165) is 64.2 Å². The summed E-state index contributed by atoms with van der Waals surface area (Å²) in [6, 6.07) is 9.74. The van der Waals surface area contributed by atoms with Crippen molar-refractivity contribution in [2.75, 3.05) is 24.5 Å². The van der Waals surface area contributed by atoms with Crippen molar-refractivity contribution < 1.29 is 9.59 Å². The Kier molecular flexibility index (Phi) is 5.16. The summed E-state index contributed by atoms with van der Waals surface area (Å²) >= 11 is 8.29. The van der Waals surface area contributed by atoms with Gasteiger partial charge >= 0.3 is 0 Å². The summed E-state index contributed by atoms with van der Waals surface area (Å²) in [5.41, 5.74) is 5.87. The van der Waals surface area contributed by atoms with E-state index in [2.05, 4.69) is 33.0 Å². The fourth-order valence-electron chi connectivity index (χ4n) is 5.96. The van der Waals surface area contributed by atoms with Crippen LogP contribution in [0.5, 0.6) is 0 Å². The first kappa shape index (κ1) is 21.8. The third-order valence-corrected chi connectivity index (χ3v) is 9.26. The number of rotatable bonds is 5. The minimum atomic E-state index is -0.0825. The van der Waals surface area contributed by atoms with Crippen LogP contribution >= 0.6 is 22.9 Å². The number of hydrogen-bond donors (Lipinski definition) is 0. The molecule has 0 atom stereocenters. The van der Waals surface area contributed by atoms with Crippen LogP contribution in [0, 0.1) is 0 Å². The number of carbonyl (C=O) groups is 2. The van der Waals surface area contributed by atoms with E-state index in [0.29, 0.717) is 25.4 Å². The second-order valence-electron chi connectivity index (χ2n) is 10.3. The molecule has 3 aromatic rings. The van der Waals surface area contributed by atoms with Crippen LogP contribution in [0.2, 0.25) is 5.02 Å². The van der Waals surface area contributed by atoms with Gasteiger partial charge in [0.15, 0.2) is 0 Å². The van der Waals surface area contributed by atoms with E-state index >= 15 is 0 Å². The number of anilines is 1. The van der Waals surface area contributed by atoms with Crippen molar-refractivity contribution in [2.45, 2.75) is 57.2 Å². The quantitative estimate of drug-likeness (QED) is 0.462. The van der Waals surface area contributed by atoms with Crippen LogP contribution in [-0.4, -0.2) is 58.3 Å². The summed E-state index contributed by atoms with van der Waals surface area (Å²) < 4.78 is 1.09. The van der Waals surface area contributed by atoms with E-state index in [1.54, 1.807) is 11.3 Å². The highest BCUT2D eigenvalue weighted by Gasteiger charge is 2.41. The first-order valence-corrected chi connectivity index (χ1v) is 13.8. The number of amides is 2. The highest BCUT2D eigenvalue weighted by molar-refractivity contribution is 7.19. The molecule has 4 aliphatic rings. The summed E-state index contributed by atoms with van der Waals surface area (Å²) in [6.07, 6.45) is 7.40. The van der Waals surface area contributed by atoms with Gasteiger partial charge in [-0.2, -0.15) is 0 Å². The van der Waals surface area contributed by atoms with Gasteiger partial charge in [0.1, 0.15) is 0 Å². The number of halogens is 1. The molecule has 0 unspecified atom stereocenters. The lowest BCUT2D eigenvalue weighted by Gasteiger charge is -2.49. The normalized spacial score (nSPS) is 21.2. The van der Waals surface area contributed by atoms with Gasteiger partial charge in [0.25, 0.3) is 0 Å². The number of fused-ring (bicyclic) bond motifs is 2. The second kappa shape index (κ2) is 8.29. The molecule has 2 saturated heterocycles. The van der Waals surface area contributed by atoms with Crippen LogP contribution in [0.3, 0.4) is 0 Å². The molecule has 8 heteroatoms. The molecule has 5 heterocycles. The Hall–Kier alpha value is -2.48. The Morgan fingerprint density at radius 2 is 1.80 bits per heavy atom. The van der Waals surface area contributed by atoms with Crippen LogP contribution in [0.1, 0.15) is 42.5 Å². The van der Waals surface area contributed by atoms with Crippen molar-refractivity contribution >= 4 is 50.7 Å². The molecule has 1 saturated carbocycles. The molecule has 0 spiro atoms. The standard InChI is InChI=1S/C27H27ClN4O2S/c28-17-10-16-2-1-9-31(19-13-30(14-19)18-3-4-18)26(16)22(11-17)21-7-8-29-23-12-20(35-27(21)23)15-32-24(33)5-6-25(32)34/h7-8,10-12,18-19H,1-6,9,13-15H2. The predicted molar refractivity (Wildman–Crippen MR) is 139 cm³/mol. The summed E-state index contributed by atoms with van der Waals surface area (Å²) in [4.78, 5) is 36.6. The van der Waals surface area contributed by atoms with Gasteiger partial charge in [-0.15, -0.1) is 11.3 Å². The number of hydrogen-bond acceptors (Lipinski definition) is 6. The van der Waals surface area contributed by atoms with Gasteiger partial charge in [0.05, 0.1) is 22.8 Å². The van der Waals surface area contributed by atoms with E-state index in [-0.39, 0.29) is 11.8 Å². The number of aryl methyl sites for hydroxylation is 1. The zero-order valence-corrected chi connectivity index (χ0v) is 21.1. The molecular formula is C27H27ClN4O2S. The van der Waals surface area contributed by atoms with E-state index in [4.69, 9.17) is 11.6 Å². The number of thiophene rings is 1. The maximum absolute atomic E-state index is 12.2. The SMILES string of the molecule is O=C1CCC(=O)N1Cc1cc2nccc(-c3cc(Cl)cc4c3N(C3CN(C5CC5)C3)CCC4)c2s1. The van der Waals surface area contributed by atoms with Gasteiger partial charge in [-0.3, -0.25) is 24.4 Å². The Labute approximate surface area is 213 Å². The molecule has 0 bridgehead atoms. The lowest BCUT2D eigenvalue weighted by molar-refractivity contribution is -0.138. The summed E-state index contributed by atoms with van der Waals surface area (Å²) in [5, 5.41) is 0.767. The van der Waals surface area contributed by atoms with E-state index in [1.165, 1.54) is 34.6 Å². The largest absolute Gasteiger partial charge is 0.365 e. The van der Waals surface area contributed by atoms with E-state index < -0.39 is 0 Å². The zero-order chi connectivity index (χ0) is 23.7. The molecule has 3 aliphatic heterocycles. The second-order valence-corrected chi connectivity index (χ2v) is 11.8. The van der Waals surface area contributed by atoms with Crippen molar-refractivity contribution in [3.8, 4) is 11.1 Å². The Morgan fingerprint density at radius 1 is 1.00 bits per heavy atom. The van der Waals surface area contributed by atoms with Crippen molar-refractivity contribution in [1.82, 2.24) is 14.8 Å². The number of carbonyl (C=O) groups excluding carboxylic acids is 2. The molecule has 3 fully saturated rings. The average molecular weight is 507 g/mol. The topological polar surface area (TPSA) is 56.8 Å².